The topological polar surface area (TPSA) is 94.7 Å². The maximum atomic E-state index is 11.5. The Morgan fingerprint density at radius 3 is 2.67 bits per heavy atom. The van der Waals surface area contributed by atoms with Gasteiger partial charge in [-0.1, -0.05) is 18.5 Å². The van der Waals surface area contributed by atoms with Crippen molar-refractivity contribution in [3.63, 3.8) is 0 Å². The summed E-state index contributed by atoms with van der Waals surface area (Å²) in [5.41, 5.74) is 0.540. The first kappa shape index (κ1) is 18.2. The number of aromatic nitrogens is 2. The normalized spacial score (nSPS) is 11.4. The molecule has 24 heavy (non-hydrogen) atoms. The number of methoxy groups -OCH3 is 2. The summed E-state index contributed by atoms with van der Waals surface area (Å²) in [5.74, 6) is 0.0981. The number of ether oxygens (including phenoxy) is 2. The molecule has 0 radical (unpaired) electrons. The molecule has 0 unspecified atom stereocenters. The van der Waals surface area contributed by atoms with Gasteiger partial charge in [-0.2, -0.15) is 0 Å². The molecule has 0 amide bonds. The number of hydrogen-bond donors (Lipinski definition) is 1. The van der Waals surface area contributed by atoms with Crippen LogP contribution in [0.1, 0.15) is 18.4 Å². The number of benzene rings is 1. The van der Waals surface area contributed by atoms with Crippen LogP contribution >= 0.6 is 23.4 Å². The summed E-state index contributed by atoms with van der Waals surface area (Å²) in [6, 6.07) is 3.21. The quantitative estimate of drug-likeness (QED) is 0.584. The number of rotatable bonds is 7. The van der Waals surface area contributed by atoms with Crippen molar-refractivity contribution in [3.8, 4) is 11.5 Å². The zero-order chi connectivity index (χ0) is 17.7. The van der Waals surface area contributed by atoms with Crippen molar-refractivity contribution in [2.45, 2.75) is 18.6 Å². The molecule has 1 aromatic heterocycles. The minimum Gasteiger partial charge on any atom is -0.493 e. The SMILES string of the molecule is CCc1nnc(S/C(=C/c2cc(Cl)c(OC)c(OC)c2)C(=O)O)o1. The number of halogens is 1. The Bertz CT molecular complexity index is 775. The number of nitrogens with zero attached hydrogens (tertiary/aromatic N) is 2. The van der Waals surface area contributed by atoms with E-state index in [1.165, 1.54) is 20.3 Å². The molecule has 1 heterocycles. The number of aryl methyl sites for hydroxylation is 1. The highest BCUT2D eigenvalue weighted by molar-refractivity contribution is 8.03. The number of thioether (sulfide) groups is 1. The van der Waals surface area contributed by atoms with Crippen LogP contribution in [-0.4, -0.2) is 35.5 Å². The van der Waals surface area contributed by atoms with Gasteiger partial charge in [-0.15, -0.1) is 10.2 Å². The van der Waals surface area contributed by atoms with E-state index in [0.717, 1.165) is 11.8 Å². The van der Waals surface area contributed by atoms with Gasteiger partial charge >= 0.3 is 5.97 Å². The standard InChI is InChI=1S/C15H15ClN2O5S/c1-4-12-17-18-15(23-12)24-11(14(19)20)7-8-5-9(16)13(22-3)10(6-8)21-2/h5-7H,4H2,1-3H3,(H,19,20)/b11-7+. The van der Waals surface area contributed by atoms with Crippen molar-refractivity contribution < 1.29 is 23.8 Å². The molecule has 0 bridgehead atoms. The predicted octanol–water partition coefficient (Wildman–Crippen LogP) is 3.52. The number of hydrogen-bond acceptors (Lipinski definition) is 7. The van der Waals surface area contributed by atoms with E-state index in [1.54, 1.807) is 12.1 Å². The third kappa shape index (κ3) is 4.21. The molecule has 1 aromatic carbocycles. The van der Waals surface area contributed by atoms with Crippen LogP contribution in [0.15, 0.2) is 26.7 Å². The minimum atomic E-state index is -1.12. The van der Waals surface area contributed by atoms with E-state index in [4.69, 9.17) is 25.5 Å². The molecule has 0 spiro atoms. The minimum absolute atomic E-state index is 0.00425. The summed E-state index contributed by atoms with van der Waals surface area (Å²) in [7, 11) is 2.94. The zero-order valence-corrected chi connectivity index (χ0v) is 14.8. The van der Waals surface area contributed by atoms with Crippen molar-refractivity contribution in [1.82, 2.24) is 10.2 Å². The van der Waals surface area contributed by atoms with Crippen LogP contribution in [0.25, 0.3) is 6.08 Å². The molecule has 0 saturated carbocycles. The lowest BCUT2D eigenvalue weighted by atomic mass is 10.2. The van der Waals surface area contributed by atoms with Crippen LogP contribution in [-0.2, 0) is 11.2 Å². The average molecular weight is 371 g/mol. The summed E-state index contributed by atoms with van der Waals surface area (Å²) in [6.45, 7) is 1.86. The third-order valence-corrected chi connectivity index (χ3v) is 4.05. The van der Waals surface area contributed by atoms with Gasteiger partial charge in [0.2, 0.25) is 5.89 Å². The van der Waals surface area contributed by atoms with E-state index in [2.05, 4.69) is 10.2 Å². The Balaban J connectivity index is 2.37. The second kappa shape index (κ2) is 8.07. The van der Waals surface area contributed by atoms with Crippen LogP contribution in [0.3, 0.4) is 0 Å². The van der Waals surface area contributed by atoms with E-state index >= 15 is 0 Å². The van der Waals surface area contributed by atoms with E-state index in [9.17, 15) is 9.90 Å². The van der Waals surface area contributed by atoms with Gasteiger partial charge in [0.05, 0.1) is 19.2 Å². The highest BCUT2D eigenvalue weighted by Gasteiger charge is 2.16. The van der Waals surface area contributed by atoms with Crippen LogP contribution in [0.5, 0.6) is 11.5 Å². The highest BCUT2D eigenvalue weighted by Crippen LogP contribution is 2.37. The van der Waals surface area contributed by atoms with Crippen LogP contribution < -0.4 is 9.47 Å². The lowest BCUT2D eigenvalue weighted by molar-refractivity contribution is -0.131. The summed E-state index contributed by atoms with van der Waals surface area (Å²) in [5, 5.41) is 17.5. The first-order valence-electron chi connectivity index (χ1n) is 6.85. The van der Waals surface area contributed by atoms with Crippen molar-refractivity contribution in [2.24, 2.45) is 0 Å². The molecule has 0 aliphatic heterocycles. The molecule has 7 nitrogen and oxygen atoms in total. The molecule has 1 N–H and O–H groups in total. The zero-order valence-electron chi connectivity index (χ0n) is 13.2. The molecular weight excluding hydrogens is 356 g/mol. The molecule has 0 fully saturated rings. The van der Waals surface area contributed by atoms with Crippen LogP contribution in [0.2, 0.25) is 5.02 Å². The van der Waals surface area contributed by atoms with Crippen molar-refractivity contribution in [1.29, 1.82) is 0 Å². The Hall–Kier alpha value is -2.19. The fraction of sp³-hybridized carbons (Fsp3) is 0.267. The number of carboxylic acids is 1. The second-order valence-electron chi connectivity index (χ2n) is 4.47. The molecule has 2 aromatic rings. The monoisotopic (exact) mass is 370 g/mol. The second-order valence-corrected chi connectivity index (χ2v) is 5.87. The van der Waals surface area contributed by atoms with E-state index in [-0.39, 0.29) is 10.1 Å². The Labute approximate surface area is 147 Å². The van der Waals surface area contributed by atoms with Gasteiger partial charge < -0.3 is 19.0 Å². The fourth-order valence-electron chi connectivity index (χ4n) is 1.82. The fourth-order valence-corrected chi connectivity index (χ4v) is 2.81. The summed E-state index contributed by atoms with van der Waals surface area (Å²) in [4.78, 5) is 11.5. The molecule has 2 rings (SSSR count). The Kier molecular flexibility index (Phi) is 6.10. The average Bonchev–Trinajstić information content (AvgIpc) is 3.01. The van der Waals surface area contributed by atoms with Gasteiger partial charge in [-0.05, 0) is 35.5 Å². The maximum Gasteiger partial charge on any atom is 0.342 e. The molecule has 128 valence electrons. The molecular formula is C15H15ClN2O5S. The van der Waals surface area contributed by atoms with Gasteiger partial charge in [0.25, 0.3) is 5.22 Å². The van der Waals surface area contributed by atoms with Gasteiger partial charge in [0.15, 0.2) is 11.5 Å². The largest absolute Gasteiger partial charge is 0.493 e. The van der Waals surface area contributed by atoms with Crippen molar-refractivity contribution in [2.75, 3.05) is 14.2 Å². The summed E-state index contributed by atoms with van der Waals surface area (Å²) < 4.78 is 15.7. The van der Waals surface area contributed by atoms with Gasteiger partial charge in [0, 0.05) is 6.42 Å². The predicted molar refractivity (Wildman–Crippen MR) is 89.7 cm³/mol. The molecule has 9 heteroatoms. The van der Waals surface area contributed by atoms with Gasteiger partial charge in [0.1, 0.15) is 4.91 Å². The highest BCUT2D eigenvalue weighted by atomic mass is 35.5. The Morgan fingerprint density at radius 1 is 1.38 bits per heavy atom. The lowest BCUT2D eigenvalue weighted by Crippen LogP contribution is -1.97. The summed E-state index contributed by atoms with van der Waals surface area (Å²) >= 11 is 6.99. The van der Waals surface area contributed by atoms with E-state index in [0.29, 0.717) is 34.4 Å². The lowest BCUT2D eigenvalue weighted by Gasteiger charge is -2.10. The summed E-state index contributed by atoms with van der Waals surface area (Å²) in [6.07, 6.45) is 2.02. The van der Waals surface area contributed by atoms with E-state index < -0.39 is 5.97 Å². The number of aliphatic carboxylic acids is 1. The van der Waals surface area contributed by atoms with Gasteiger partial charge in [-0.25, -0.2) is 4.79 Å². The number of carboxylic acid groups (broad SMARTS) is 1. The molecule has 0 saturated heterocycles. The molecule has 0 aliphatic carbocycles. The maximum absolute atomic E-state index is 11.5. The molecule has 0 atom stereocenters. The first-order chi connectivity index (χ1) is 11.5. The molecule has 0 aliphatic rings. The van der Waals surface area contributed by atoms with E-state index in [1.807, 2.05) is 6.92 Å². The first-order valence-corrected chi connectivity index (χ1v) is 8.04. The van der Waals surface area contributed by atoms with Crippen molar-refractivity contribution >= 4 is 35.4 Å². The van der Waals surface area contributed by atoms with Gasteiger partial charge in [-0.3, -0.25) is 0 Å². The van der Waals surface area contributed by atoms with Crippen LogP contribution in [0.4, 0.5) is 0 Å². The third-order valence-electron chi connectivity index (χ3n) is 2.91. The smallest absolute Gasteiger partial charge is 0.342 e. The number of carbonyl (C=O) groups is 1. The van der Waals surface area contributed by atoms with Crippen molar-refractivity contribution in [3.05, 3.63) is 33.5 Å². The Morgan fingerprint density at radius 2 is 2.12 bits per heavy atom. The van der Waals surface area contributed by atoms with Crippen LogP contribution in [0, 0.1) is 0 Å².